The summed E-state index contributed by atoms with van der Waals surface area (Å²) in [4.78, 5) is 15.1. The highest BCUT2D eigenvalue weighted by Crippen LogP contribution is 2.20. The van der Waals surface area contributed by atoms with E-state index in [2.05, 4.69) is 4.90 Å². The molecule has 0 aliphatic carbocycles. The number of ether oxygens (including phenoxy) is 2. The molecule has 0 amide bonds. The molecule has 3 aromatic rings. The van der Waals surface area contributed by atoms with Crippen LogP contribution in [0.25, 0.3) is 17.8 Å². The van der Waals surface area contributed by atoms with Gasteiger partial charge in [-0.15, -0.1) is 0 Å². The highest BCUT2D eigenvalue weighted by Gasteiger charge is 2.12. The maximum atomic E-state index is 12.7. The Hall–Kier alpha value is -3.31. The van der Waals surface area contributed by atoms with E-state index in [4.69, 9.17) is 9.47 Å². The maximum Gasteiger partial charge on any atom is 0.255 e. The number of hydrogen-bond acceptors (Lipinski definition) is 4. The SMILES string of the molecule is CC(C)(C)Oc1ccc(C=Cc2ccn(-c3ccc(OCCN4CCCC4)cc3)c(=O)c2)cc1. The first-order chi connectivity index (χ1) is 16.4. The number of rotatable bonds is 8. The minimum atomic E-state index is -0.220. The molecule has 0 unspecified atom stereocenters. The van der Waals surface area contributed by atoms with Crippen LogP contribution >= 0.6 is 0 Å². The van der Waals surface area contributed by atoms with Crippen LogP contribution in [0.1, 0.15) is 44.7 Å². The standard InChI is InChI=1S/C29H34N2O3/c1-29(2,3)34-27-12-8-23(9-13-27)6-7-24-16-19-31(28(32)22-24)25-10-14-26(15-11-25)33-21-20-30-17-4-5-18-30/h6-16,19,22H,4-5,17-18,20-21H2,1-3H3. The predicted octanol–water partition coefficient (Wildman–Crippen LogP) is 5.66. The van der Waals surface area contributed by atoms with Crippen LogP contribution in [0.5, 0.6) is 11.5 Å². The molecule has 1 saturated heterocycles. The second-order valence-corrected chi connectivity index (χ2v) is 9.68. The van der Waals surface area contributed by atoms with Crippen LogP contribution in [0, 0.1) is 0 Å². The molecule has 0 N–H and O–H groups in total. The Morgan fingerprint density at radius 3 is 2.15 bits per heavy atom. The minimum Gasteiger partial charge on any atom is -0.492 e. The van der Waals surface area contributed by atoms with E-state index >= 15 is 0 Å². The van der Waals surface area contributed by atoms with Gasteiger partial charge in [0.15, 0.2) is 0 Å². The Kier molecular flexibility index (Phi) is 7.53. The zero-order valence-corrected chi connectivity index (χ0v) is 20.4. The fraction of sp³-hybridized carbons (Fsp3) is 0.345. The van der Waals surface area contributed by atoms with Gasteiger partial charge < -0.3 is 9.47 Å². The topological polar surface area (TPSA) is 43.7 Å². The Balaban J connectivity index is 1.35. The van der Waals surface area contributed by atoms with Gasteiger partial charge in [-0.05, 0) is 100 Å². The lowest BCUT2D eigenvalue weighted by atomic mass is 10.1. The van der Waals surface area contributed by atoms with E-state index in [0.717, 1.165) is 34.9 Å². The van der Waals surface area contributed by atoms with E-state index in [-0.39, 0.29) is 11.2 Å². The van der Waals surface area contributed by atoms with Gasteiger partial charge in [0.1, 0.15) is 23.7 Å². The number of nitrogens with zero attached hydrogens (tertiary/aromatic N) is 2. The monoisotopic (exact) mass is 458 g/mol. The first-order valence-corrected chi connectivity index (χ1v) is 12.0. The van der Waals surface area contributed by atoms with Crippen molar-refractivity contribution in [2.75, 3.05) is 26.2 Å². The largest absolute Gasteiger partial charge is 0.492 e. The normalized spacial score (nSPS) is 14.6. The molecule has 178 valence electrons. The van der Waals surface area contributed by atoms with Gasteiger partial charge >= 0.3 is 0 Å². The summed E-state index contributed by atoms with van der Waals surface area (Å²) in [7, 11) is 0. The third-order valence-electron chi connectivity index (χ3n) is 5.71. The Morgan fingerprint density at radius 2 is 1.50 bits per heavy atom. The molecule has 4 rings (SSSR count). The van der Waals surface area contributed by atoms with Crippen molar-refractivity contribution in [3.8, 4) is 17.2 Å². The van der Waals surface area contributed by atoms with Crippen LogP contribution in [0.4, 0.5) is 0 Å². The Labute approximate surface area is 202 Å². The van der Waals surface area contributed by atoms with Crippen LogP contribution < -0.4 is 15.0 Å². The van der Waals surface area contributed by atoms with Crippen LogP contribution in [-0.4, -0.2) is 41.3 Å². The van der Waals surface area contributed by atoms with Crippen LogP contribution in [0.3, 0.4) is 0 Å². The number of aromatic nitrogens is 1. The van der Waals surface area contributed by atoms with Crippen molar-refractivity contribution >= 4 is 12.2 Å². The molecule has 5 heteroatoms. The molecule has 1 aromatic heterocycles. The van der Waals surface area contributed by atoms with Gasteiger partial charge in [-0.2, -0.15) is 0 Å². The van der Waals surface area contributed by atoms with Gasteiger partial charge in [0.2, 0.25) is 0 Å². The molecule has 0 radical (unpaired) electrons. The fourth-order valence-electron chi connectivity index (χ4n) is 4.01. The predicted molar refractivity (Wildman–Crippen MR) is 139 cm³/mol. The highest BCUT2D eigenvalue weighted by molar-refractivity contribution is 5.69. The van der Waals surface area contributed by atoms with E-state index in [1.165, 1.54) is 25.9 Å². The van der Waals surface area contributed by atoms with Crippen LogP contribution in [-0.2, 0) is 0 Å². The number of hydrogen-bond donors (Lipinski definition) is 0. The molecule has 0 bridgehead atoms. The van der Waals surface area contributed by atoms with E-state index in [1.54, 1.807) is 10.6 Å². The summed E-state index contributed by atoms with van der Waals surface area (Å²) in [5, 5.41) is 0. The average molecular weight is 459 g/mol. The molecule has 0 spiro atoms. The Bertz CT molecular complexity index is 1150. The first-order valence-electron chi connectivity index (χ1n) is 12.0. The van der Waals surface area contributed by atoms with E-state index < -0.39 is 0 Å². The van der Waals surface area contributed by atoms with Crippen molar-refractivity contribution in [1.29, 1.82) is 0 Å². The summed E-state index contributed by atoms with van der Waals surface area (Å²) in [5.74, 6) is 1.67. The zero-order chi connectivity index (χ0) is 24.0. The van der Waals surface area contributed by atoms with Gasteiger partial charge in [-0.1, -0.05) is 24.3 Å². The van der Waals surface area contributed by atoms with Crippen molar-refractivity contribution in [3.63, 3.8) is 0 Å². The molecular formula is C29H34N2O3. The van der Waals surface area contributed by atoms with Gasteiger partial charge in [-0.25, -0.2) is 0 Å². The molecule has 34 heavy (non-hydrogen) atoms. The summed E-state index contributed by atoms with van der Waals surface area (Å²) in [5.41, 5.74) is 2.44. The molecule has 0 atom stereocenters. The van der Waals surface area contributed by atoms with E-state index in [0.29, 0.717) is 6.61 Å². The number of benzene rings is 2. The summed E-state index contributed by atoms with van der Waals surface area (Å²) in [6.45, 7) is 10.1. The van der Waals surface area contributed by atoms with Crippen LogP contribution in [0.15, 0.2) is 71.7 Å². The fourth-order valence-corrected chi connectivity index (χ4v) is 4.01. The lowest BCUT2D eigenvalue weighted by molar-refractivity contribution is 0.131. The van der Waals surface area contributed by atoms with E-state index in [9.17, 15) is 4.79 Å². The van der Waals surface area contributed by atoms with Crippen molar-refractivity contribution in [2.24, 2.45) is 0 Å². The second kappa shape index (κ2) is 10.7. The van der Waals surface area contributed by atoms with E-state index in [1.807, 2.05) is 93.7 Å². The summed E-state index contributed by atoms with van der Waals surface area (Å²) in [6, 6.07) is 19.2. The van der Waals surface area contributed by atoms with Crippen molar-refractivity contribution in [3.05, 3.63) is 88.3 Å². The molecule has 1 aliphatic heterocycles. The Morgan fingerprint density at radius 1 is 0.853 bits per heavy atom. The van der Waals surface area contributed by atoms with Gasteiger partial charge in [0.25, 0.3) is 5.56 Å². The maximum absolute atomic E-state index is 12.7. The molecule has 5 nitrogen and oxygen atoms in total. The van der Waals surface area contributed by atoms with Crippen molar-refractivity contribution < 1.29 is 9.47 Å². The molecular weight excluding hydrogens is 424 g/mol. The third-order valence-corrected chi connectivity index (χ3v) is 5.71. The van der Waals surface area contributed by atoms with Gasteiger partial charge in [0.05, 0.1) is 0 Å². The van der Waals surface area contributed by atoms with Crippen molar-refractivity contribution in [2.45, 2.75) is 39.2 Å². The van der Waals surface area contributed by atoms with Crippen molar-refractivity contribution in [1.82, 2.24) is 9.47 Å². The minimum absolute atomic E-state index is 0.0706. The lowest BCUT2D eigenvalue weighted by Gasteiger charge is -2.21. The number of pyridine rings is 1. The van der Waals surface area contributed by atoms with Crippen LogP contribution in [0.2, 0.25) is 0 Å². The smallest absolute Gasteiger partial charge is 0.255 e. The highest BCUT2D eigenvalue weighted by atomic mass is 16.5. The summed E-state index contributed by atoms with van der Waals surface area (Å²) >= 11 is 0. The number of likely N-dealkylation sites (tertiary alicyclic amines) is 1. The lowest BCUT2D eigenvalue weighted by Crippen LogP contribution is -2.25. The first kappa shape index (κ1) is 23.8. The molecule has 1 fully saturated rings. The molecule has 1 aliphatic rings. The summed E-state index contributed by atoms with van der Waals surface area (Å²) in [6.07, 6.45) is 8.33. The molecule has 2 heterocycles. The second-order valence-electron chi connectivity index (χ2n) is 9.68. The molecule has 0 saturated carbocycles. The quantitative estimate of drug-likeness (QED) is 0.437. The van der Waals surface area contributed by atoms with Gasteiger partial charge in [0, 0.05) is 24.5 Å². The summed E-state index contributed by atoms with van der Waals surface area (Å²) < 4.78 is 13.4. The average Bonchev–Trinajstić information content (AvgIpc) is 3.32. The zero-order valence-electron chi connectivity index (χ0n) is 20.4. The van der Waals surface area contributed by atoms with Gasteiger partial charge in [-0.3, -0.25) is 14.3 Å². The molecule has 2 aromatic carbocycles. The third kappa shape index (κ3) is 6.84.